The Labute approximate surface area is 156 Å². The van der Waals surface area contributed by atoms with Gasteiger partial charge in [0.2, 0.25) is 5.88 Å². The fourth-order valence-corrected chi connectivity index (χ4v) is 2.42. The van der Waals surface area contributed by atoms with Crippen LogP contribution in [0.2, 0.25) is 0 Å². The lowest BCUT2D eigenvalue weighted by atomic mass is 10.2. The fraction of sp³-hybridized carbons (Fsp3) is 0.158. The highest BCUT2D eigenvalue weighted by Crippen LogP contribution is 2.16. The summed E-state index contributed by atoms with van der Waals surface area (Å²) in [5, 5.41) is 12.0. The summed E-state index contributed by atoms with van der Waals surface area (Å²) in [4.78, 5) is 12.1. The molecule has 0 atom stereocenters. The van der Waals surface area contributed by atoms with Gasteiger partial charge in [0.15, 0.2) is 0 Å². The van der Waals surface area contributed by atoms with E-state index in [2.05, 4.69) is 22.1 Å². The first-order valence-electron chi connectivity index (χ1n) is 8.35. The Morgan fingerprint density at radius 3 is 2.78 bits per heavy atom. The summed E-state index contributed by atoms with van der Waals surface area (Å²) in [7, 11) is 1.55. The summed E-state index contributed by atoms with van der Waals surface area (Å²) in [5.74, 6) is 0.463. The molecule has 0 N–H and O–H groups in total. The van der Waals surface area contributed by atoms with E-state index >= 15 is 0 Å². The van der Waals surface area contributed by atoms with E-state index in [0.29, 0.717) is 11.6 Å². The first-order valence-corrected chi connectivity index (χ1v) is 8.35. The molecule has 2 heterocycles. The second-order valence-electron chi connectivity index (χ2n) is 5.63. The molecule has 0 aliphatic heterocycles. The predicted molar refractivity (Wildman–Crippen MR) is 102 cm³/mol. The maximum atomic E-state index is 12.1. The molecule has 0 saturated heterocycles. The van der Waals surface area contributed by atoms with Gasteiger partial charge < -0.3 is 4.74 Å². The van der Waals surface area contributed by atoms with Crippen molar-refractivity contribution >= 4 is 5.70 Å². The van der Waals surface area contributed by atoms with Crippen molar-refractivity contribution in [2.75, 3.05) is 0 Å². The molecule has 0 amide bonds. The van der Waals surface area contributed by atoms with Crippen LogP contribution >= 0.6 is 0 Å². The van der Waals surface area contributed by atoms with Crippen LogP contribution in [0.5, 0.6) is 5.88 Å². The van der Waals surface area contributed by atoms with Crippen LogP contribution in [0, 0.1) is 0 Å². The number of allylic oxidation sites excluding steroid dienone is 5. The lowest BCUT2D eigenvalue weighted by Gasteiger charge is -2.08. The molecule has 138 valence electrons. The van der Waals surface area contributed by atoms with E-state index in [9.17, 15) is 4.79 Å². The highest BCUT2D eigenvalue weighted by Gasteiger charge is 2.11. The number of hydrogen-bond donors (Lipinski definition) is 0. The second kappa shape index (κ2) is 8.13. The van der Waals surface area contributed by atoms with Gasteiger partial charge in [-0.1, -0.05) is 36.9 Å². The largest absolute Gasteiger partial charge is 0.472 e. The number of hydrogen-bond acceptors (Lipinski definition) is 5. The van der Waals surface area contributed by atoms with Crippen LogP contribution in [0.25, 0.3) is 11.4 Å². The maximum Gasteiger partial charge on any atom is 0.368 e. The third-order valence-corrected chi connectivity index (χ3v) is 3.81. The molecule has 0 fully saturated rings. The molecule has 0 bridgehead atoms. The number of benzene rings is 1. The lowest BCUT2D eigenvalue weighted by Crippen LogP contribution is -2.23. The Balaban J connectivity index is 1.80. The molecule has 8 heteroatoms. The van der Waals surface area contributed by atoms with Gasteiger partial charge in [0.25, 0.3) is 0 Å². The van der Waals surface area contributed by atoms with E-state index in [1.807, 2.05) is 43.4 Å². The molecule has 0 radical (unpaired) electrons. The standard InChI is InChI=1S/C19H20N6O2/c1-4-6-10-16(5-2)24-13-12-18(20-24)27-14-15-9-7-8-11-17(15)25-19(26)23(3)21-22-25/h4-13H,2,14H2,1,3H3/b6-4-,16-10+. The van der Waals surface area contributed by atoms with Crippen molar-refractivity contribution in [3.05, 3.63) is 83.5 Å². The van der Waals surface area contributed by atoms with Gasteiger partial charge in [-0.2, -0.15) is 9.36 Å². The summed E-state index contributed by atoms with van der Waals surface area (Å²) >= 11 is 0. The lowest BCUT2D eigenvalue weighted by molar-refractivity contribution is 0.291. The summed E-state index contributed by atoms with van der Waals surface area (Å²) < 4.78 is 9.90. The topological polar surface area (TPSA) is 79.8 Å². The third kappa shape index (κ3) is 3.95. The molecule has 0 saturated carbocycles. The van der Waals surface area contributed by atoms with Crippen LogP contribution in [0.4, 0.5) is 0 Å². The molecular formula is C19H20N6O2. The maximum absolute atomic E-state index is 12.1. The molecule has 2 aromatic heterocycles. The molecule has 0 unspecified atom stereocenters. The molecule has 3 rings (SSSR count). The van der Waals surface area contributed by atoms with E-state index in [4.69, 9.17) is 4.74 Å². The van der Waals surface area contributed by atoms with E-state index < -0.39 is 0 Å². The first kappa shape index (κ1) is 18.1. The minimum absolute atomic E-state index is 0.234. The highest BCUT2D eigenvalue weighted by molar-refractivity contribution is 5.57. The van der Waals surface area contributed by atoms with Gasteiger partial charge in [-0.3, -0.25) is 0 Å². The Morgan fingerprint density at radius 2 is 2.07 bits per heavy atom. The number of aromatic nitrogens is 6. The van der Waals surface area contributed by atoms with Crippen molar-refractivity contribution in [1.29, 1.82) is 0 Å². The minimum atomic E-state index is -0.323. The van der Waals surface area contributed by atoms with Gasteiger partial charge in [0.1, 0.15) is 6.61 Å². The van der Waals surface area contributed by atoms with Crippen molar-refractivity contribution in [2.45, 2.75) is 13.5 Å². The van der Waals surface area contributed by atoms with Gasteiger partial charge in [-0.25, -0.2) is 9.48 Å². The first-order chi connectivity index (χ1) is 13.1. The smallest absolute Gasteiger partial charge is 0.368 e. The van der Waals surface area contributed by atoms with Crippen LogP contribution in [-0.4, -0.2) is 29.6 Å². The molecular weight excluding hydrogens is 344 g/mol. The van der Waals surface area contributed by atoms with Gasteiger partial charge >= 0.3 is 5.69 Å². The monoisotopic (exact) mass is 364 g/mol. The van der Waals surface area contributed by atoms with Crippen molar-refractivity contribution in [2.24, 2.45) is 7.05 Å². The summed E-state index contributed by atoms with van der Waals surface area (Å²) in [6.45, 7) is 5.97. The molecule has 0 aliphatic carbocycles. The van der Waals surface area contributed by atoms with Crippen molar-refractivity contribution in [3.63, 3.8) is 0 Å². The molecule has 8 nitrogen and oxygen atoms in total. The van der Waals surface area contributed by atoms with Gasteiger partial charge in [0, 0.05) is 24.9 Å². The van der Waals surface area contributed by atoms with Crippen molar-refractivity contribution < 1.29 is 4.74 Å². The molecule has 0 aliphatic rings. The molecule has 3 aromatic rings. The minimum Gasteiger partial charge on any atom is -0.472 e. The van der Waals surface area contributed by atoms with Gasteiger partial charge in [0.05, 0.1) is 11.4 Å². The molecule has 27 heavy (non-hydrogen) atoms. The Morgan fingerprint density at radius 1 is 1.26 bits per heavy atom. The van der Waals surface area contributed by atoms with Crippen LogP contribution in [0.15, 0.2) is 72.2 Å². The number of rotatable bonds is 7. The highest BCUT2D eigenvalue weighted by atomic mass is 16.5. The zero-order valence-corrected chi connectivity index (χ0v) is 15.2. The summed E-state index contributed by atoms with van der Waals surface area (Å²) in [6, 6.07) is 9.14. The van der Waals surface area contributed by atoms with Crippen LogP contribution in [0.3, 0.4) is 0 Å². The second-order valence-corrected chi connectivity index (χ2v) is 5.63. The average molecular weight is 364 g/mol. The van der Waals surface area contributed by atoms with Gasteiger partial charge in [-0.15, -0.1) is 5.10 Å². The zero-order valence-electron chi connectivity index (χ0n) is 15.2. The third-order valence-electron chi connectivity index (χ3n) is 3.81. The van der Waals surface area contributed by atoms with Crippen LogP contribution in [0.1, 0.15) is 12.5 Å². The number of tetrazole rings is 1. The SMILES string of the molecule is C=C/C(=C\C=C/C)n1ccc(OCc2ccccc2-n2nnn(C)c2=O)n1. The van der Waals surface area contributed by atoms with E-state index in [0.717, 1.165) is 11.3 Å². The van der Waals surface area contributed by atoms with E-state index in [-0.39, 0.29) is 12.3 Å². The van der Waals surface area contributed by atoms with Crippen molar-refractivity contribution in [3.8, 4) is 11.6 Å². The normalized spacial score (nSPS) is 11.9. The molecule has 1 aromatic carbocycles. The Bertz CT molecular complexity index is 1050. The zero-order chi connectivity index (χ0) is 19.2. The number of para-hydroxylation sites is 1. The summed E-state index contributed by atoms with van der Waals surface area (Å²) in [5.41, 5.74) is 1.92. The number of aryl methyl sites for hydroxylation is 1. The van der Waals surface area contributed by atoms with E-state index in [1.165, 1.54) is 9.36 Å². The number of ether oxygens (including phenoxy) is 1. The Hall–Kier alpha value is -3.68. The average Bonchev–Trinajstić information content (AvgIpc) is 3.28. The van der Waals surface area contributed by atoms with Crippen LogP contribution < -0.4 is 10.4 Å². The predicted octanol–water partition coefficient (Wildman–Crippen LogP) is 2.34. The van der Waals surface area contributed by atoms with Crippen LogP contribution in [-0.2, 0) is 13.7 Å². The van der Waals surface area contributed by atoms with Crippen molar-refractivity contribution in [1.82, 2.24) is 29.6 Å². The molecule has 0 spiro atoms. The quantitative estimate of drug-likeness (QED) is 0.601. The van der Waals surface area contributed by atoms with E-state index in [1.54, 1.807) is 36.1 Å². The number of nitrogens with zero attached hydrogens (tertiary/aromatic N) is 6. The summed E-state index contributed by atoms with van der Waals surface area (Å²) in [6.07, 6.45) is 9.25. The Kier molecular flexibility index (Phi) is 5.46. The van der Waals surface area contributed by atoms with Gasteiger partial charge in [-0.05, 0) is 35.6 Å². The fourth-order valence-electron chi connectivity index (χ4n) is 2.42.